The van der Waals surface area contributed by atoms with Crippen molar-refractivity contribution in [1.29, 1.82) is 0 Å². The summed E-state index contributed by atoms with van der Waals surface area (Å²) >= 11 is 0. The Kier molecular flexibility index (Phi) is 3.13. The lowest BCUT2D eigenvalue weighted by Gasteiger charge is -2.13. The predicted octanol–water partition coefficient (Wildman–Crippen LogP) is 1.59. The van der Waals surface area contributed by atoms with Gasteiger partial charge >= 0.3 is 0 Å². The molecule has 18 heavy (non-hydrogen) atoms. The Bertz CT molecular complexity index is 561. The molecule has 2 aromatic rings. The van der Waals surface area contributed by atoms with Crippen LogP contribution in [0.25, 0.3) is 10.9 Å². The number of rotatable bonds is 4. The molecule has 0 radical (unpaired) electrons. The van der Waals surface area contributed by atoms with Gasteiger partial charge in [0.25, 0.3) is 0 Å². The first-order valence-corrected chi connectivity index (χ1v) is 6.30. The van der Waals surface area contributed by atoms with Crippen molar-refractivity contribution >= 4 is 10.9 Å². The number of nitrogens with one attached hydrogen (secondary N) is 2. The number of hydrogen-bond acceptors (Lipinski definition) is 3. The lowest BCUT2D eigenvalue weighted by molar-refractivity contribution is 0.246. The monoisotopic (exact) mass is 243 g/mol. The summed E-state index contributed by atoms with van der Waals surface area (Å²) < 4.78 is 0. The first-order chi connectivity index (χ1) is 8.86. The van der Waals surface area contributed by atoms with E-state index in [0.29, 0.717) is 12.0 Å². The molecule has 0 amide bonds. The summed E-state index contributed by atoms with van der Waals surface area (Å²) in [4.78, 5) is 0. The molecule has 3 N–H and O–H groups in total. The van der Waals surface area contributed by atoms with Crippen molar-refractivity contribution in [3.05, 3.63) is 42.1 Å². The van der Waals surface area contributed by atoms with Crippen LogP contribution in [-0.4, -0.2) is 28.0 Å². The van der Waals surface area contributed by atoms with Crippen LogP contribution in [0.1, 0.15) is 12.0 Å². The van der Waals surface area contributed by atoms with Gasteiger partial charge < -0.3 is 10.4 Å². The molecule has 0 fully saturated rings. The van der Waals surface area contributed by atoms with Crippen LogP contribution in [0.5, 0.6) is 0 Å². The molecular formula is C14H17N3O. The highest BCUT2D eigenvalue weighted by Gasteiger charge is 2.17. The molecule has 1 heterocycles. The molecule has 94 valence electrons. The molecule has 0 spiro atoms. The Labute approximate surface area is 106 Å². The average molecular weight is 243 g/mol. The van der Waals surface area contributed by atoms with Crippen LogP contribution in [-0.2, 0) is 6.54 Å². The van der Waals surface area contributed by atoms with Crippen molar-refractivity contribution in [2.45, 2.75) is 19.0 Å². The van der Waals surface area contributed by atoms with E-state index in [1.807, 2.05) is 6.20 Å². The van der Waals surface area contributed by atoms with E-state index < -0.39 is 0 Å². The Morgan fingerprint density at radius 2 is 2.33 bits per heavy atom. The zero-order valence-electron chi connectivity index (χ0n) is 10.1. The summed E-state index contributed by atoms with van der Waals surface area (Å²) in [7, 11) is 0. The third-order valence-electron chi connectivity index (χ3n) is 3.52. The van der Waals surface area contributed by atoms with Gasteiger partial charge in [-0.1, -0.05) is 30.4 Å². The minimum atomic E-state index is 0.241. The second-order valence-corrected chi connectivity index (χ2v) is 4.80. The van der Waals surface area contributed by atoms with Gasteiger partial charge in [-0.3, -0.25) is 5.10 Å². The largest absolute Gasteiger partial charge is 0.396 e. The maximum absolute atomic E-state index is 9.09. The summed E-state index contributed by atoms with van der Waals surface area (Å²) in [5, 5.41) is 20.8. The van der Waals surface area contributed by atoms with E-state index in [1.54, 1.807) is 0 Å². The summed E-state index contributed by atoms with van der Waals surface area (Å²) in [6.07, 6.45) is 7.06. The third kappa shape index (κ3) is 2.17. The lowest BCUT2D eigenvalue weighted by Crippen LogP contribution is -2.26. The van der Waals surface area contributed by atoms with Gasteiger partial charge in [0.05, 0.1) is 11.7 Å². The van der Waals surface area contributed by atoms with E-state index in [2.05, 4.69) is 45.9 Å². The minimum Gasteiger partial charge on any atom is -0.396 e. The fraction of sp³-hybridized carbons (Fsp3) is 0.357. The average Bonchev–Trinajstić information content (AvgIpc) is 3.05. The first kappa shape index (κ1) is 11.4. The number of aromatic amines is 1. The Balaban J connectivity index is 1.67. The Morgan fingerprint density at radius 3 is 3.17 bits per heavy atom. The molecule has 0 aliphatic heterocycles. The second-order valence-electron chi connectivity index (χ2n) is 4.80. The number of aromatic nitrogens is 2. The molecule has 4 heteroatoms. The molecule has 0 unspecified atom stereocenters. The van der Waals surface area contributed by atoms with Gasteiger partial charge in [0.2, 0.25) is 0 Å². The van der Waals surface area contributed by atoms with Crippen LogP contribution in [0.4, 0.5) is 0 Å². The number of aliphatic hydroxyl groups is 1. The standard InChI is InChI=1S/C14H17N3O/c18-9-10-4-5-13(6-10)15-7-11-2-1-3-12-8-16-17-14(11)12/h1-5,8,10,13,15,18H,6-7,9H2,(H,16,17)/t10-,13+/m0/s1. The topological polar surface area (TPSA) is 60.9 Å². The number of para-hydroxylation sites is 1. The van der Waals surface area contributed by atoms with Crippen molar-refractivity contribution in [1.82, 2.24) is 15.5 Å². The van der Waals surface area contributed by atoms with E-state index in [-0.39, 0.29) is 6.61 Å². The zero-order chi connectivity index (χ0) is 12.4. The number of benzene rings is 1. The Morgan fingerprint density at radius 1 is 1.39 bits per heavy atom. The normalized spacial score (nSPS) is 22.9. The fourth-order valence-electron chi connectivity index (χ4n) is 2.48. The molecule has 1 aliphatic rings. The van der Waals surface area contributed by atoms with E-state index in [9.17, 15) is 0 Å². The van der Waals surface area contributed by atoms with Crippen LogP contribution in [0, 0.1) is 5.92 Å². The highest BCUT2D eigenvalue weighted by molar-refractivity contribution is 5.81. The summed E-state index contributed by atoms with van der Waals surface area (Å²) in [6.45, 7) is 1.05. The number of nitrogens with zero attached hydrogens (tertiary/aromatic N) is 1. The third-order valence-corrected chi connectivity index (χ3v) is 3.52. The van der Waals surface area contributed by atoms with Gasteiger partial charge in [0.1, 0.15) is 0 Å². The SMILES string of the molecule is OC[C@H]1C=C[C@@H](NCc2cccc3cn[nH]c23)C1. The smallest absolute Gasteiger partial charge is 0.0695 e. The van der Waals surface area contributed by atoms with Crippen LogP contribution in [0.15, 0.2) is 36.5 Å². The summed E-state index contributed by atoms with van der Waals surface area (Å²) in [6, 6.07) is 6.57. The van der Waals surface area contributed by atoms with Crippen LogP contribution < -0.4 is 5.32 Å². The highest BCUT2D eigenvalue weighted by atomic mass is 16.3. The van der Waals surface area contributed by atoms with E-state index in [4.69, 9.17) is 5.11 Å². The number of aliphatic hydroxyl groups excluding tert-OH is 1. The van der Waals surface area contributed by atoms with Crippen LogP contribution in [0.2, 0.25) is 0 Å². The van der Waals surface area contributed by atoms with E-state index in [0.717, 1.165) is 23.9 Å². The van der Waals surface area contributed by atoms with Crippen molar-refractivity contribution in [2.24, 2.45) is 5.92 Å². The first-order valence-electron chi connectivity index (χ1n) is 6.30. The number of fused-ring (bicyclic) bond motifs is 1. The van der Waals surface area contributed by atoms with Crippen molar-refractivity contribution < 1.29 is 5.11 Å². The van der Waals surface area contributed by atoms with Gasteiger partial charge in [-0.25, -0.2) is 0 Å². The van der Waals surface area contributed by atoms with Gasteiger partial charge in [0, 0.05) is 30.5 Å². The van der Waals surface area contributed by atoms with Crippen LogP contribution >= 0.6 is 0 Å². The highest BCUT2D eigenvalue weighted by Crippen LogP contribution is 2.19. The maximum Gasteiger partial charge on any atom is 0.0695 e. The molecule has 0 bridgehead atoms. The lowest BCUT2D eigenvalue weighted by atomic mass is 10.1. The van der Waals surface area contributed by atoms with Crippen molar-refractivity contribution in [3.8, 4) is 0 Å². The minimum absolute atomic E-state index is 0.241. The molecule has 4 nitrogen and oxygen atoms in total. The predicted molar refractivity (Wildman–Crippen MR) is 71.1 cm³/mol. The fourth-order valence-corrected chi connectivity index (χ4v) is 2.48. The van der Waals surface area contributed by atoms with Crippen molar-refractivity contribution in [3.63, 3.8) is 0 Å². The van der Waals surface area contributed by atoms with Gasteiger partial charge in [-0.2, -0.15) is 5.10 Å². The van der Waals surface area contributed by atoms with Gasteiger partial charge in [-0.05, 0) is 12.0 Å². The molecule has 1 aliphatic carbocycles. The molecule has 0 saturated heterocycles. The van der Waals surface area contributed by atoms with Gasteiger partial charge in [0.15, 0.2) is 0 Å². The van der Waals surface area contributed by atoms with Gasteiger partial charge in [-0.15, -0.1) is 0 Å². The molecule has 2 atom stereocenters. The maximum atomic E-state index is 9.09. The van der Waals surface area contributed by atoms with Crippen LogP contribution in [0.3, 0.4) is 0 Å². The number of H-pyrrole nitrogens is 1. The quantitative estimate of drug-likeness (QED) is 0.715. The van der Waals surface area contributed by atoms with E-state index >= 15 is 0 Å². The zero-order valence-corrected chi connectivity index (χ0v) is 10.1. The van der Waals surface area contributed by atoms with Crippen molar-refractivity contribution in [2.75, 3.05) is 6.61 Å². The Hall–Kier alpha value is -1.65. The molecule has 1 aromatic heterocycles. The molecule has 0 saturated carbocycles. The number of hydrogen-bond donors (Lipinski definition) is 3. The molecular weight excluding hydrogens is 226 g/mol. The molecule has 3 rings (SSSR count). The summed E-state index contributed by atoms with van der Waals surface area (Å²) in [5.41, 5.74) is 2.33. The molecule has 1 aromatic carbocycles. The summed E-state index contributed by atoms with van der Waals surface area (Å²) in [5.74, 6) is 0.311. The van der Waals surface area contributed by atoms with E-state index in [1.165, 1.54) is 5.56 Å². The second kappa shape index (κ2) is 4.92.